The lowest BCUT2D eigenvalue weighted by Crippen LogP contribution is -2.10. The Bertz CT molecular complexity index is 3590. The van der Waals surface area contributed by atoms with Crippen molar-refractivity contribution < 1.29 is 0 Å². The van der Waals surface area contributed by atoms with Crippen molar-refractivity contribution in [3.05, 3.63) is 231 Å². The molecule has 0 aliphatic rings. The molecule has 12 rings (SSSR count). The monoisotopic (exact) mass is 762 g/mol. The van der Waals surface area contributed by atoms with Crippen LogP contribution >= 0.6 is 0 Å². The molecule has 0 N–H and O–H groups in total. The molecule has 0 bridgehead atoms. The maximum absolute atomic E-state index is 2.44. The first-order chi connectivity index (χ1) is 29.8. The summed E-state index contributed by atoms with van der Waals surface area (Å²) in [7, 11) is 0. The average molecular weight is 763 g/mol. The van der Waals surface area contributed by atoms with Gasteiger partial charge in [0, 0.05) is 33.5 Å². The van der Waals surface area contributed by atoms with Gasteiger partial charge in [-0.3, -0.25) is 0 Å². The summed E-state index contributed by atoms with van der Waals surface area (Å²) in [5.41, 5.74) is 11.8. The molecule has 0 aliphatic carbocycles. The van der Waals surface area contributed by atoms with Crippen LogP contribution in [0.2, 0.25) is 0 Å². The number of fused-ring (bicyclic) bond motifs is 7. The van der Waals surface area contributed by atoms with Crippen molar-refractivity contribution in [2.24, 2.45) is 0 Å². The molecule has 280 valence electrons. The summed E-state index contributed by atoms with van der Waals surface area (Å²) >= 11 is 0. The summed E-state index contributed by atoms with van der Waals surface area (Å²) in [4.78, 5) is 2.42. The van der Waals surface area contributed by atoms with Crippen LogP contribution in [0.15, 0.2) is 231 Å². The van der Waals surface area contributed by atoms with Gasteiger partial charge in [0.25, 0.3) is 0 Å². The van der Waals surface area contributed by atoms with Crippen LogP contribution in [0.25, 0.3) is 92.8 Å². The zero-order chi connectivity index (χ0) is 39.6. The highest BCUT2D eigenvalue weighted by molar-refractivity contribution is 6.26. The van der Waals surface area contributed by atoms with Gasteiger partial charge in [-0.2, -0.15) is 0 Å². The van der Waals surface area contributed by atoms with Gasteiger partial charge in [0.15, 0.2) is 0 Å². The van der Waals surface area contributed by atoms with Crippen LogP contribution in [0, 0.1) is 0 Å². The fraction of sp³-hybridized carbons (Fsp3) is 0. The normalized spacial score (nSPS) is 11.7. The van der Waals surface area contributed by atoms with Crippen molar-refractivity contribution in [1.29, 1.82) is 0 Å². The van der Waals surface area contributed by atoms with E-state index < -0.39 is 0 Å². The van der Waals surface area contributed by atoms with Crippen LogP contribution in [0.1, 0.15) is 0 Å². The third-order valence-corrected chi connectivity index (χ3v) is 12.3. The molecule has 0 saturated heterocycles. The Morgan fingerprint density at radius 1 is 0.267 bits per heavy atom. The number of hydrogen-bond donors (Lipinski definition) is 0. The lowest BCUT2D eigenvalue weighted by Gasteiger charge is -2.27. The van der Waals surface area contributed by atoms with Crippen molar-refractivity contribution in [1.82, 2.24) is 4.57 Å². The summed E-state index contributed by atoms with van der Waals surface area (Å²) in [6.07, 6.45) is 0. The summed E-state index contributed by atoms with van der Waals surface area (Å²) in [6, 6.07) is 84.4. The minimum Gasteiger partial charge on any atom is -0.310 e. The van der Waals surface area contributed by atoms with Gasteiger partial charge in [0.05, 0.1) is 11.0 Å². The van der Waals surface area contributed by atoms with Crippen molar-refractivity contribution in [2.45, 2.75) is 0 Å². The molecule has 11 aromatic carbocycles. The van der Waals surface area contributed by atoms with Crippen LogP contribution in [0.4, 0.5) is 17.1 Å². The summed E-state index contributed by atoms with van der Waals surface area (Å²) in [6.45, 7) is 0. The van der Waals surface area contributed by atoms with Gasteiger partial charge in [-0.15, -0.1) is 0 Å². The van der Waals surface area contributed by atoms with E-state index >= 15 is 0 Å². The van der Waals surface area contributed by atoms with Crippen molar-refractivity contribution >= 4 is 82.0 Å². The second-order valence-electron chi connectivity index (χ2n) is 15.6. The third kappa shape index (κ3) is 5.35. The number of nitrogens with zero attached hydrogens (tertiary/aromatic N) is 2. The van der Waals surface area contributed by atoms with E-state index in [2.05, 4.69) is 240 Å². The zero-order valence-electron chi connectivity index (χ0n) is 32.8. The molecule has 0 radical (unpaired) electrons. The molecule has 0 spiro atoms. The Morgan fingerprint density at radius 2 is 0.717 bits per heavy atom. The first kappa shape index (κ1) is 34.1. The van der Waals surface area contributed by atoms with E-state index in [0.29, 0.717) is 0 Å². The number of benzene rings is 11. The molecule has 0 saturated carbocycles. The first-order valence-electron chi connectivity index (χ1n) is 20.7. The predicted molar refractivity (Wildman–Crippen MR) is 256 cm³/mol. The van der Waals surface area contributed by atoms with E-state index in [0.717, 1.165) is 22.7 Å². The molecule has 1 heterocycles. The SMILES string of the molecule is c1ccc(N(c2ccc3c(-c4cccc5ccccc45)c4ccccc4c(-c4cccc5ccccc45)c3c2)c2ccc3c(c2)c2ccccc2n3-c2ccccc2)cc1. The van der Waals surface area contributed by atoms with Gasteiger partial charge in [0.1, 0.15) is 0 Å². The number of anilines is 3. The molecular weight excluding hydrogens is 725 g/mol. The van der Waals surface area contributed by atoms with E-state index in [1.54, 1.807) is 0 Å². The highest BCUT2D eigenvalue weighted by Gasteiger charge is 2.22. The number of para-hydroxylation sites is 3. The summed E-state index contributed by atoms with van der Waals surface area (Å²) < 4.78 is 2.38. The zero-order valence-corrected chi connectivity index (χ0v) is 32.8. The minimum absolute atomic E-state index is 1.10. The maximum atomic E-state index is 2.44. The summed E-state index contributed by atoms with van der Waals surface area (Å²) in [5.74, 6) is 0. The number of hydrogen-bond acceptors (Lipinski definition) is 1. The molecule has 0 unspecified atom stereocenters. The smallest absolute Gasteiger partial charge is 0.0542 e. The standard InChI is InChI=1S/C58H38N2/c1-3-21-41(22-4-1)59(44-34-36-56-53(37-44)47-27-13-14-32-55(47)60(56)42-23-5-2-6-24-42)43-33-35-52-54(38-43)58(49-31-16-20-40-18-8-10-26-46(40)49)51-29-12-11-28-50(51)57(52)48-30-15-19-39-17-7-9-25-45(39)48/h1-38H. The van der Waals surface area contributed by atoms with E-state index in [1.165, 1.54) is 87.1 Å². The lowest BCUT2D eigenvalue weighted by molar-refractivity contribution is 1.18. The van der Waals surface area contributed by atoms with Crippen molar-refractivity contribution in [3.63, 3.8) is 0 Å². The lowest BCUT2D eigenvalue weighted by atomic mass is 9.83. The highest BCUT2D eigenvalue weighted by Crippen LogP contribution is 2.49. The van der Waals surface area contributed by atoms with Gasteiger partial charge in [0.2, 0.25) is 0 Å². The Balaban J connectivity index is 1.18. The van der Waals surface area contributed by atoms with Crippen LogP contribution in [0.3, 0.4) is 0 Å². The average Bonchev–Trinajstić information content (AvgIpc) is 3.65. The molecule has 2 nitrogen and oxygen atoms in total. The fourth-order valence-corrected chi connectivity index (χ4v) is 9.75. The number of rotatable bonds is 6. The largest absolute Gasteiger partial charge is 0.310 e. The molecule has 60 heavy (non-hydrogen) atoms. The van der Waals surface area contributed by atoms with Crippen LogP contribution in [0.5, 0.6) is 0 Å². The van der Waals surface area contributed by atoms with Crippen molar-refractivity contribution in [3.8, 4) is 27.9 Å². The molecule has 0 aliphatic heterocycles. The molecule has 0 atom stereocenters. The van der Waals surface area contributed by atoms with Crippen LogP contribution < -0.4 is 4.90 Å². The fourth-order valence-electron chi connectivity index (χ4n) is 9.75. The molecule has 2 heteroatoms. The molecule has 12 aromatic rings. The van der Waals surface area contributed by atoms with E-state index in [-0.39, 0.29) is 0 Å². The molecule has 0 fully saturated rings. The van der Waals surface area contributed by atoms with Gasteiger partial charge < -0.3 is 9.47 Å². The Morgan fingerprint density at radius 3 is 1.37 bits per heavy atom. The summed E-state index contributed by atoms with van der Waals surface area (Å²) in [5, 5.41) is 12.3. The van der Waals surface area contributed by atoms with Gasteiger partial charge in [-0.05, 0) is 126 Å². The maximum Gasteiger partial charge on any atom is 0.0542 e. The minimum atomic E-state index is 1.10. The van der Waals surface area contributed by atoms with E-state index in [1.807, 2.05) is 0 Å². The third-order valence-electron chi connectivity index (χ3n) is 12.3. The second kappa shape index (κ2) is 13.9. The quantitative estimate of drug-likeness (QED) is 0.153. The Kier molecular flexibility index (Phi) is 7.89. The molecule has 1 aromatic heterocycles. The second-order valence-corrected chi connectivity index (χ2v) is 15.6. The Labute approximate surface area is 348 Å². The van der Waals surface area contributed by atoms with Gasteiger partial charge in [-0.1, -0.05) is 170 Å². The first-order valence-corrected chi connectivity index (χ1v) is 20.7. The van der Waals surface area contributed by atoms with Crippen molar-refractivity contribution in [2.75, 3.05) is 4.90 Å². The number of aromatic nitrogens is 1. The Hall–Kier alpha value is -7.94. The van der Waals surface area contributed by atoms with Crippen LogP contribution in [-0.4, -0.2) is 4.57 Å². The molecule has 0 amide bonds. The molecular formula is C58H38N2. The topological polar surface area (TPSA) is 8.17 Å². The highest BCUT2D eigenvalue weighted by atomic mass is 15.1. The van der Waals surface area contributed by atoms with E-state index in [4.69, 9.17) is 0 Å². The van der Waals surface area contributed by atoms with Crippen LogP contribution in [-0.2, 0) is 0 Å². The van der Waals surface area contributed by atoms with Gasteiger partial charge >= 0.3 is 0 Å². The van der Waals surface area contributed by atoms with E-state index in [9.17, 15) is 0 Å². The van der Waals surface area contributed by atoms with Gasteiger partial charge in [-0.25, -0.2) is 0 Å². The predicted octanol–water partition coefficient (Wildman–Crippen LogP) is 16.2.